The molecule has 100 valence electrons. The zero-order valence-electron chi connectivity index (χ0n) is 10.5. The molecule has 0 aliphatic carbocycles. The number of carbonyl (C=O) groups excluding carboxylic acids is 1. The van der Waals surface area contributed by atoms with Crippen molar-refractivity contribution < 1.29 is 14.6 Å². The van der Waals surface area contributed by atoms with Gasteiger partial charge < -0.3 is 9.84 Å². The van der Waals surface area contributed by atoms with Gasteiger partial charge in [0.05, 0.1) is 18.2 Å². The minimum absolute atomic E-state index is 0.0719. The fraction of sp³-hybridized carbons (Fsp3) is 0.583. The summed E-state index contributed by atoms with van der Waals surface area (Å²) < 4.78 is 4.88. The molecule has 6 heteroatoms. The highest BCUT2D eigenvalue weighted by Crippen LogP contribution is 2.17. The molecule has 0 saturated carbocycles. The molecule has 1 N–H and O–H groups in total. The minimum atomic E-state index is -0.729. The smallest absolute Gasteiger partial charge is 0.341 e. The van der Waals surface area contributed by atoms with E-state index < -0.39 is 12.1 Å². The molecular formula is C12H17ClN2O3. The van der Waals surface area contributed by atoms with Crippen LogP contribution in [-0.4, -0.2) is 27.7 Å². The van der Waals surface area contributed by atoms with Gasteiger partial charge in [-0.2, -0.15) is 0 Å². The normalized spacial score (nSPS) is 12.2. The number of aromatic nitrogens is 2. The van der Waals surface area contributed by atoms with E-state index in [9.17, 15) is 9.90 Å². The first-order chi connectivity index (χ1) is 8.63. The van der Waals surface area contributed by atoms with E-state index in [-0.39, 0.29) is 18.1 Å². The quantitative estimate of drug-likeness (QED) is 0.635. The summed E-state index contributed by atoms with van der Waals surface area (Å²) >= 11 is 5.75. The fourth-order valence-electron chi connectivity index (χ4n) is 1.48. The van der Waals surface area contributed by atoms with Crippen LogP contribution in [0.25, 0.3) is 0 Å². The summed E-state index contributed by atoms with van der Waals surface area (Å²) in [7, 11) is 0. The number of nitrogens with zero attached hydrogens (tertiary/aromatic N) is 2. The van der Waals surface area contributed by atoms with Gasteiger partial charge >= 0.3 is 5.97 Å². The lowest BCUT2D eigenvalue weighted by molar-refractivity contribution is 0.0523. The first-order valence-electron chi connectivity index (χ1n) is 5.90. The Labute approximate surface area is 111 Å². The average Bonchev–Trinajstić information content (AvgIpc) is 2.38. The lowest BCUT2D eigenvalue weighted by Gasteiger charge is -2.11. The Morgan fingerprint density at radius 1 is 1.56 bits per heavy atom. The van der Waals surface area contributed by atoms with Crippen molar-refractivity contribution in [1.29, 1.82) is 0 Å². The van der Waals surface area contributed by atoms with E-state index in [0.29, 0.717) is 17.9 Å². The molecule has 0 saturated heterocycles. The van der Waals surface area contributed by atoms with Crippen molar-refractivity contribution in [2.24, 2.45) is 0 Å². The number of aliphatic hydroxyl groups is 1. The Bertz CT molecular complexity index is 412. The van der Waals surface area contributed by atoms with E-state index in [1.165, 1.54) is 6.20 Å². The summed E-state index contributed by atoms with van der Waals surface area (Å²) in [5, 5.41) is 9.79. The molecule has 0 radical (unpaired) electrons. The van der Waals surface area contributed by atoms with Gasteiger partial charge in [-0.3, -0.25) is 0 Å². The summed E-state index contributed by atoms with van der Waals surface area (Å²) in [6.45, 7) is 3.96. The van der Waals surface area contributed by atoms with Crippen LogP contribution in [-0.2, 0) is 10.6 Å². The third-order valence-electron chi connectivity index (χ3n) is 2.37. The van der Waals surface area contributed by atoms with Crippen molar-refractivity contribution >= 4 is 17.6 Å². The Balaban J connectivity index is 2.99. The summed E-state index contributed by atoms with van der Waals surface area (Å²) in [4.78, 5) is 19.7. The maximum atomic E-state index is 11.6. The monoisotopic (exact) mass is 272 g/mol. The number of aliphatic hydroxyl groups excluding tert-OH is 1. The zero-order valence-corrected chi connectivity index (χ0v) is 11.3. The van der Waals surface area contributed by atoms with Crippen LogP contribution >= 0.6 is 11.6 Å². The van der Waals surface area contributed by atoms with Crippen molar-refractivity contribution in [1.82, 2.24) is 9.97 Å². The topological polar surface area (TPSA) is 72.3 Å². The summed E-state index contributed by atoms with van der Waals surface area (Å²) in [6, 6.07) is 0. The SMILES string of the molecule is CCCC(O)c1ncc(C(=O)OCC)c(CCl)n1. The van der Waals surface area contributed by atoms with E-state index >= 15 is 0 Å². The van der Waals surface area contributed by atoms with E-state index in [2.05, 4.69) is 9.97 Å². The van der Waals surface area contributed by atoms with Crippen LogP contribution in [0.15, 0.2) is 6.20 Å². The van der Waals surface area contributed by atoms with Crippen LogP contribution in [0.4, 0.5) is 0 Å². The molecule has 1 aromatic heterocycles. The maximum absolute atomic E-state index is 11.6. The van der Waals surface area contributed by atoms with Gasteiger partial charge in [-0.1, -0.05) is 13.3 Å². The molecule has 0 fully saturated rings. The van der Waals surface area contributed by atoms with Gasteiger partial charge in [0.2, 0.25) is 0 Å². The van der Waals surface area contributed by atoms with Crippen LogP contribution in [0.5, 0.6) is 0 Å². The first kappa shape index (κ1) is 14.9. The van der Waals surface area contributed by atoms with Crippen molar-refractivity contribution in [3.63, 3.8) is 0 Å². The molecule has 18 heavy (non-hydrogen) atoms. The number of hydrogen-bond acceptors (Lipinski definition) is 5. The van der Waals surface area contributed by atoms with E-state index in [1.54, 1.807) is 6.92 Å². The Morgan fingerprint density at radius 2 is 2.28 bits per heavy atom. The van der Waals surface area contributed by atoms with Gasteiger partial charge in [-0.05, 0) is 13.3 Å². The van der Waals surface area contributed by atoms with Crippen LogP contribution in [0.1, 0.15) is 54.7 Å². The molecule has 0 bridgehead atoms. The molecule has 5 nitrogen and oxygen atoms in total. The third-order valence-corrected chi connectivity index (χ3v) is 2.62. The van der Waals surface area contributed by atoms with Crippen molar-refractivity contribution in [3.05, 3.63) is 23.3 Å². The van der Waals surface area contributed by atoms with E-state index in [0.717, 1.165) is 6.42 Å². The lowest BCUT2D eigenvalue weighted by Crippen LogP contribution is -2.13. The zero-order chi connectivity index (χ0) is 13.5. The lowest BCUT2D eigenvalue weighted by atomic mass is 10.2. The summed E-state index contributed by atoms with van der Waals surface area (Å²) in [5.74, 6) is -0.132. The second-order valence-electron chi connectivity index (χ2n) is 3.75. The van der Waals surface area contributed by atoms with E-state index in [1.807, 2.05) is 6.92 Å². The third kappa shape index (κ3) is 3.65. The first-order valence-corrected chi connectivity index (χ1v) is 6.44. The Kier molecular flexibility index (Phi) is 6.01. The highest BCUT2D eigenvalue weighted by Gasteiger charge is 2.17. The number of halogens is 1. The van der Waals surface area contributed by atoms with Crippen molar-refractivity contribution in [3.8, 4) is 0 Å². The standard InChI is InChI=1S/C12H17ClN2O3/c1-3-5-10(16)11-14-7-8(9(6-13)15-11)12(17)18-4-2/h7,10,16H,3-6H2,1-2H3. The van der Waals surface area contributed by atoms with Gasteiger partial charge in [-0.25, -0.2) is 14.8 Å². The van der Waals surface area contributed by atoms with Gasteiger partial charge in [0.25, 0.3) is 0 Å². The molecule has 1 unspecified atom stereocenters. The number of carbonyl (C=O) groups is 1. The van der Waals surface area contributed by atoms with Crippen LogP contribution < -0.4 is 0 Å². The van der Waals surface area contributed by atoms with Gasteiger partial charge in [0, 0.05) is 6.20 Å². The molecule has 0 aromatic carbocycles. The minimum Gasteiger partial charge on any atom is -0.462 e. The van der Waals surface area contributed by atoms with E-state index in [4.69, 9.17) is 16.3 Å². The largest absolute Gasteiger partial charge is 0.462 e. The predicted octanol–water partition coefficient (Wildman–Crippen LogP) is 2.23. The molecule has 0 spiro atoms. The molecule has 1 aromatic rings. The number of rotatable bonds is 6. The second kappa shape index (κ2) is 7.28. The molecule has 1 rings (SSSR count). The number of esters is 1. The molecule has 0 aliphatic rings. The molecule has 0 amide bonds. The van der Waals surface area contributed by atoms with Crippen LogP contribution in [0.3, 0.4) is 0 Å². The molecule has 1 atom stereocenters. The molecular weight excluding hydrogens is 256 g/mol. The van der Waals surface area contributed by atoms with Crippen molar-refractivity contribution in [2.75, 3.05) is 6.61 Å². The summed E-state index contributed by atoms with van der Waals surface area (Å²) in [5.41, 5.74) is 0.634. The van der Waals surface area contributed by atoms with Gasteiger partial charge in [0.15, 0.2) is 5.82 Å². The highest BCUT2D eigenvalue weighted by molar-refractivity contribution is 6.17. The molecule has 0 aliphatic heterocycles. The summed E-state index contributed by atoms with van der Waals surface area (Å²) in [6.07, 6.45) is 2.02. The Hall–Kier alpha value is -1.20. The Morgan fingerprint density at radius 3 is 2.83 bits per heavy atom. The second-order valence-corrected chi connectivity index (χ2v) is 4.01. The van der Waals surface area contributed by atoms with Gasteiger partial charge in [-0.15, -0.1) is 11.6 Å². The van der Waals surface area contributed by atoms with Crippen LogP contribution in [0, 0.1) is 0 Å². The molecule has 1 heterocycles. The van der Waals surface area contributed by atoms with Gasteiger partial charge in [0.1, 0.15) is 11.7 Å². The number of alkyl halides is 1. The van der Waals surface area contributed by atoms with Crippen LogP contribution in [0.2, 0.25) is 0 Å². The predicted molar refractivity (Wildman–Crippen MR) is 67.4 cm³/mol. The maximum Gasteiger partial charge on any atom is 0.341 e. The number of ether oxygens (including phenoxy) is 1. The fourth-order valence-corrected chi connectivity index (χ4v) is 1.68. The average molecular weight is 273 g/mol. The highest BCUT2D eigenvalue weighted by atomic mass is 35.5. The van der Waals surface area contributed by atoms with Crippen molar-refractivity contribution in [2.45, 2.75) is 38.7 Å². The number of hydrogen-bond donors (Lipinski definition) is 1.